The Bertz CT molecular complexity index is 1900. The highest BCUT2D eigenvalue weighted by Crippen LogP contribution is 2.48. The van der Waals surface area contributed by atoms with E-state index in [0.717, 1.165) is 5.56 Å². The molecule has 2 aliphatic heterocycles. The van der Waals surface area contributed by atoms with Gasteiger partial charge in [0.2, 0.25) is 20.0 Å². The van der Waals surface area contributed by atoms with Crippen molar-refractivity contribution in [3.05, 3.63) is 130 Å². The van der Waals surface area contributed by atoms with Crippen molar-refractivity contribution in [3.63, 3.8) is 0 Å². The fourth-order valence-corrected chi connectivity index (χ4v) is 10.2. The summed E-state index contributed by atoms with van der Waals surface area (Å²) in [6.45, 7) is 1.70. The molecule has 2 saturated heterocycles. The number of Topliss-reactive ketones (excluding diaryl/α,β-unsaturated/α-hetero) is 1. The van der Waals surface area contributed by atoms with Gasteiger partial charge in [-0.15, -0.1) is 0 Å². The lowest BCUT2D eigenvalue weighted by Gasteiger charge is -2.51. The molecule has 4 atom stereocenters. The van der Waals surface area contributed by atoms with E-state index in [-0.39, 0.29) is 35.0 Å². The lowest BCUT2D eigenvalue weighted by molar-refractivity contribution is -0.132. The number of piperidine rings is 2. The quantitative estimate of drug-likeness (QED) is 0.225. The van der Waals surface area contributed by atoms with Gasteiger partial charge in [-0.3, -0.25) is 4.79 Å². The van der Waals surface area contributed by atoms with Gasteiger partial charge in [0.15, 0.2) is 0 Å². The highest BCUT2D eigenvalue weighted by Gasteiger charge is 2.54. The third-order valence-electron chi connectivity index (χ3n) is 8.53. The molecule has 4 aromatic rings. The van der Waals surface area contributed by atoms with Crippen molar-refractivity contribution in [3.8, 4) is 0 Å². The summed E-state index contributed by atoms with van der Waals surface area (Å²) in [5, 5.41) is 0.815. The number of nitrogens with zero attached hydrogens (tertiary/aromatic N) is 2. The van der Waals surface area contributed by atoms with Crippen LogP contribution in [0.25, 0.3) is 0 Å². The molecule has 0 radical (unpaired) electrons. The smallest absolute Gasteiger partial charge is 0.243 e. The maximum atomic E-state index is 14.5. The van der Waals surface area contributed by atoms with E-state index in [2.05, 4.69) is 0 Å². The Morgan fingerprint density at radius 3 is 1.95 bits per heavy atom. The first kappa shape index (κ1) is 31.0. The third kappa shape index (κ3) is 5.73. The van der Waals surface area contributed by atoms with Crippen LogP contribution >= 0.6 is 23.2 Å². The minimum Gasteiger partial charge on any atom is -0.299 e. The normalized spacial score (nSPS) is 23.3. The van der Waals surface area contributed by atoms with Crippen LogP contribution in [0.3, 0.4) is 0 Å². The number of carbonyl (C=O) groups excluding carboxylic acids is 1. The van der Waals surface area contributed by atoms with Gasteiger partial charge in [-0.2, -0.15) is 8.61 Å². The van der Waals surface area contributed by atoms with Crippen molar-refractivity contribution < 1.29 is 21.6 Å². The molecule has 0 saturated carbocycles. The first-order valence-corrected chi connectivity index (χ1v) is 17.8. The van der Waals surface area contributed by atoms with Gasteiger partial charge in [0.05, 0.1) is 21.9 Å². The zero-order valence-corrected chi connectivity index (χ0v) is 26.9. The van der Waals surface area contributed by atoms with Gasteiger partial charge in [-0.1, -0.05) is 83.4 Å². The van der Waals surface area contributed by atoms with Gasteiger partial charge in [-0.25, -0.2) is 16.8 Å². The number of hydrogen-bond donors (Lipinski definition) is 0. The van der Waals surface area contributed by atoms with Crippen LogP contribution in [-0.4, -0.2) is 43.8 Å². The molecule has 228 valence electrons. The number of benzene rings is 4. The second-order valence-corrected chi connectivity index (χ2v) is 15.9. The molecule has 2 aliphatic rings. The summed E-state index contributed by atoms with van der Waals surface area (Å²) in [6, 6.07) is 26.1. The summed E-state index contributed by atoms with van der Waals surface area (Å²) in [4.78, 5) is 14.1. The van der Waals surface area contributed by atoms with Crippen LogP contribution in [0.2, 0.25) is 10.0 Å². The number of hydrogen-bond acceptors (Lipinski definition) is 5. The van der Waals surface area contributed by atoms with Gasteiger partial charge < -0.3 is 0 Å². The van der Waals surface area contributed by atoms with Crippen molar-refractivity contribution in [2.75, 3.05) is 6.54 Å². The van der Waals surface area contributed by atoms with Crippen LogP contribution < -0.4 is 0 Å². The second-order valence-electron chi connectivity index (χ2n) is 11.3. The van der Waals surface area contributed by atoms with Crippen molar-refractivity contribution in [2.24, 2.45) is 5.92 Å². The van der Waals surface area contributed by atoms with Crippen LogP contribution in [-0.2, 0) is 24.8 Å². The molecular weight excluding hydrogens is 639 g/mol. The SMILES string of the molecule is Cc1ccc(S(=O)(=O)N2C[C@H]3C(=O)CC(c4ccccc4)N(S(=O)(=O)c4ccc(Cl)cc4)[C@H]3CC2c2cccc(Cl)c2)cc1. The lowest BCUT2D eigenvalue weighted by Crippen LogP contribution is -2.60. The number of ketones is 1. The molecule has 7 nitrogen and oxygen atoms in total. The van der Waals surface area contributed by atoms with Gasteiger partial charge in [0, 0.05) is 35.0 Å². The number of halogens is 2. The fourth-order valence-electron chi connectivity index (χ4n) is 6.36. The van der Waals surface area contributed by atoms with E-state index in [1.165, 1.54) is 32.9 Å². The van der Waals surface area contributed by atoms with Crippen LogP contribution in [0, 0.1) is 12.8 Å². The molecule has 44 heavy (non-hydrogen) atoms. The molecule has 6 rings (SSSR count). The standard InChI is InChI=1S/C33H30Cl2N2O5S2/c1-22-10-14-27(15-11-22)43(39,40)36-21-29-32(19-30(36)24-8-5-9-26(35)18-24)37(44(41,42)28-16-12-25(34)13-17-28)31(20-33(29)38)23-6-3-2-4-7-23/h2-18,29-32H,19-21H2,1H3/t29-,30?,31?,32+/m1/s1. The highest BCUT2D eigenvalue weighted by atomic mass is 35.5. The zero-order chi connectivity index (χ0) is 31.2. The van der Waals surface area contributed by atoms with E-state index in [1.54, 1.807) is 48.5 Å². The van der Waals surface area contributed by atoms with E-state index < -0.39 is 44.1 Å². The Balaban J connectivity index is 1.51. The third-order valence-corrected chi connectivity index (χ3v) is 12.9. The lowest BCUT2D eigenvalue weighted by atomic mass is 9.77. The average molecular weight is 670 g/mol. The molecule has 0 N–H and O–H groups in total. The first-order chi connectivity index (χ1) is 21.0. The number of sulfonamides is 2. The van der Waals surface area contributed by atoms with Gasteiger partial charge in [0.1, 0.15) is 5.78 Å². The summed E-state index contributed by atoms with van der Waals surface area (Å²) >= 11 is 12.5. The Labute approximate surface area is 268 Å². The van der Waals surface area contributed by atoms with E-state index in [0.29, 0.717) is 21.2 Å². The van der Waals surface area contributed by atoms with Crippen molar-refractivity contribution in [1.82, 2.24) is 8.61 Å². The maximum absolute atomic E-state index is 14.5. The molecule has 0 amide bonds. The molecule has 2 fully saturated rings. The fraction of sp³-hybridized carbons (Fsp3) is 0.242. The van der Waals surface area contributed by atoms with Crippen molar-refractivity contribution in [1.29, 1.82) is 0 Å². The van der Waals surface area contributed by atoms with Crippen LogP contribution in [0.5, 0.6) is 0 Å². The van der Waals surface area contributed by atoms with Gasteiger partial charge in [0.25, 0.3) is 0 Å². The topological polar surface area (TPSA) is 91.8 Å². The van der Waals surface area contributed by atoms with Crippen LogP contribution in [0.1, 0.15) is 41.6 Å². The predicted molar refractivity (Wildman–Crippen MR) is 170 cm³/mol. The van der Waals surface area contributed by atoms with Crippen molar-refractivity contribution in [2.45, 2.75) is 47.7 Å². The second kappa shape index (κ2) is 12.0. The molecule has 11 heteroatoms. The molecule has 2 heterocycles. The average Bonchev–Trinajstić information content (AvgIpc) is 3.01. The molecular formula is C33H30Cl2N2O5S2. The minimum atomic E-state index is -4.17. The summed E-state index contributed by atoms with van der Waals surface area (Å²) in [5.41, 5.74) is 2.21. The zero-order valence-electron chi connectivity index (χ0n) is 23.8. The number of aryl methyl sites for hydroxylation is 1. The Kier molecular flexibility index (Phi) is 8.47. The summed E-state index contributed by atoms with van der Waals surface area (Å²) in [7, 11) is -8.25. The maximum Gasteiger partial charge on any atom is 0.243 e. The van der Waals surface area contributed by atoms with E-state index in [4.69, 9.17) is 23.2 Å². The molecule has 0 spiro atoms. The monoisotopic (exact) mass is 668 g/mol. The largest absolute Gasteiger partial charge is 0.299 e. The number of rotatable bonds is 6. The van der Waals surface area contributed by atoms with Gasteiger partial charge in [-0.05, 0) is 73.0 Å². The number of fused-ring (bicyclic) bond motifs is 1. The van der Waals surface area contributed by atoms with E-state index in [1.807, 2.05) is 37.3 Å². The van der Waals surface area contributed by atoms with Crippen LogP contribution in [0.15, 0.2) is 113 Å². The van der Waals surface area contributed by atoms with Crippen LogP contribution in [0.4, 0.5) is 0 Å². The molecule has 2 unspecified atom stereocenters. The van der Waals surface area contributed by atoms with E-state index >= 15 is 0 Å². The Morgan fingerprint density at radius 2 is 1.30 bits per heavy atom. The number of carbonyl (C=O) groups is 1. The Hall–Kier alpha value is -3.05. The minimum absolute atomic E-state index is 0.0462. The highest BCUT2D eigenvalue weighted by molar-refractivity contribution is 7.89. The van der Waals surface area contributed by atoms with Crippen molar-refractivity contribution >= 4 is 49.0 Å². The Morgan fingerprint density at radius 1 is 0.682 bits per heavy atom. The summed E-state index contributed by atoms with van der Waals surface area (Å²) < 4.78 is 60.2. The molecule has 0 aromatic heterocycles. The van der Waals surface area contributed by atoms with Gasteiger partial charge >= 0.3 is 0 Å². The molecule has 0 aliphatic carbocycles. The summed E-state index contributed by atoms with van der Waals surface area (Å²) in [5.74, 6) is -1.06. The molecule has 0 bridgehead atoms. The predicted octanol–water partition coefficient (Wildman–Crippen LogP) is 6.83. The summed E-state index contributed by atoms with van der Waals surface area (Å²) in [6.07, 6.45) is -0.0315. The first-order valence-electron chi connectivity index (χ1n) is 14.2. The molecule has 4 aromatic carbocycles. The van der Waals surface area contributed by atoms with E-state index in [9.17, 15) is 21.6 Å².